The second kappa shape index (κ2) is 9.52. The fourth-order valence-electron chi connectivity index (χ4n) is 3.93. The van der Waals surface area contributed by atoms with Crippen LogP contribution >= 0.6 is 46.3 Å². The fraction of sp³-hybridized carbons (Fsp3) is 0.167. The van der Waals surface area contributed by atoms with Gasteiger partial charge in [-0.15, -0.1) is 23.1 Å². The lowest BCUT2D eigenvalue weighted by atomic mass is 9.99. The van der Waals surface area contributed by atoms with E-state index >= 15 is 0 Å². The summed E-state index contributed by atoms with van der Waals surface area (Å²) in [7, 11) is 0. The highest BCUT2D eigenvalue weighted by Gasteiger charge is 2.25. The standard InChI is InChI=1S/C24H18Cl2N2O3S2/c25-14-9-17(26)21-18(11-20(23(29)30)28-19(21)10-14)27-6-7-31-22-15-4-2-1-3-13(15)12-33-24-16(22)5-8-32-24/h1-5,8-11,22H,6-7,12H2,(H,27,28)(H,29,30)/t22-/m1/s1. The predicted octanol–water partition coefficient (Wildman–Crippen LogP) is 7.13. The van der Waals surface area contributed by atoms with Crippen LogP contribution in [0.25, 0.3) is 10.9 Å². The highest BCUT2D eigenvalue weighted by atomic mass is 35.5. The molecule has 2 aromatic carbocycles. The van der Waals surface area contributed by atoms with Crippen LogP contribution in [0.3, 0.4) is 0 Å². The summed E-state index contributed by atoms with van der Waals surface area (Å²) in [5, 5.41) is 16.3. The van der Waals surface area contributed by atoms with Gasteiger partial charge in [-0.1, -0.05) is 47.5 Å². The maximum Gasteiger partial charge on any atom is 0.354 e. The highest BCUT2D eigenvalue weighted by Crippen LogP contribution is 2.43. The molecule has 1 atom stereocenters. The third-order valence-electron chi connectivity index (χ3n) is 5.38. The largest absolute Gasteiger partial charge is 0.477 e. The molecular formula is C24H18Cl2N2O3S2. The average molecular weight is 517 g/mol. The molecule has 33 heavy (non-hydrogen) atoms. The van der Waals surface area contributed by atoms with Gasteiger partial charge in [-0.25, -0.2) is 9.78 Å². The molecular weight excluding hydrogens is 499 g/mol. The van der Waals surface area contributed by atoms with Gasteiger partial charge in [-0.3, -0.25) is 0 Å². The van der Waals surface area contributed by atoms with E-state index in [0.717, 1.165) is 5.75 Å². The number of ether oxygens (including phenoxy) is 1. The molecule has 1 aliphatic heterocycles. The number of halogens is 2. The molecule has 5 nitrogen and oxygen atoms in total. The number of rotatable bonds is 6. The number of aromatic carboxylic acids is 1. The van der Waals surface area contributed by atoms with Crippen molar-refractivity contribution >= 4 is 68.9 Å². The number of carbonyl (C=O) groups is 1. The second-order valence-corrected chi connectivity index (χ2v) is 10.5. The number of carboxylic acids is 1. The summed E-state index contributed by atoms with van der Waals surface area (Å²) >= 11 is 16.1. The summed E-state index contributed by atoms with van der Waals surface area (Å²) in [6.45, 7) is 0.874. The summed E-state index contributed by atoms with van der Waals surface area (Å²) in [4.78, 5) is 15.7. The SMILES string of the molecule is O=C(O)c1cc(NCCO[C@@H]2c3ccccc3CSc3sccc32)c2c(Cl)cc(Cl)cc2n1. The summed E-state index contributed by atoms with van der Waals surface area (Å²) in [6, 6.07) is 15.2. The molecule has 0 fully saturated rings. The van der Waals surface area contributed by atoms with Gasteiger partial charge in [0.25, 0.3) is 0 Å². The molecule has 0 amide bonds. The van der Waals surface area contributed by atoms with Crippen molar-refractivity contribution in [1.29, 1.82) is 0 Å². The van der Waals surface area contributed by atoms with Gasteiger partial charge in [0.1, 0.15) is 6.10 Å². The van der Waals surface area contributed by atoms with Gasteiger partial charge in [-0.05, 0) is 40.8 Å². The van der Waals surface area contributed by atoms with Crippen LogP contribution in [0.5, 0.6) is 0 Å². The Balaban J connectivity index is 1.38. The number of anilines is 1. The van der Waals surface area contributed by atoms with Crippen molar-refractivity contribution in [2.45, 2.75) is 16.1 Å². The molecule has 0 aliphatic carbocycles. The van der Waals surface area contributed by atoms with Crippen LogP contribution in [-0.4, -0.2) is 29.2 Å². The smallest absolute Gasteiger partial charge is 0.354 e. The van der Waals surface area contributed by atoms with Gasteiger partial charge in [0.2, 0.25) is 0 Å². The Bertz CT molecular complexity index is 1360. The van der Waals surface area contributed by atoms with Crippen LogP contribution in [0.2, 0.25) is 10.0 Å². The van der Waals surface area contributed by atoms with E-state index in [1.165, 1.54) is 27.0 Å². The van der Waals surface area contributed by atoms with Crippen molar-refractivity contribution in [2.24, 2.45) is 0 Å². The van der Waals surface area contributed by atoms with Crippen LogP contribution in [0.15, 0.2) is 58.1 Å². The van der Waals surface area contributed by atoms with Crippen LogP contribution in [0, 0.1) is 0 Å². The number of hydrogen-bond donors (Lipinski definition) is 2. The minimum atomic E-state index is -1.12. The number of fused-ring (bicyclic) bond motifs is 3. The van der Waals surface area contributed by atoms with Crippen LogP contribution < -0.4 is 5.32 Å². The molecule has 0 radical (unpaired) electrons. The summed E-state index contributed by atoms with van der Waals surface area (Å²) in [5.74, 6) is -0.200. The Hall–Kier alpha value is -2.29. The van der Waals surface area contributed by atoms with Crippen LogP contribution in [0.1, 0.15) is 33.3 Å². The van der Waals surface area contributed by atoms with Crippen LogP contribution in [0.4, 0.5) is 5.69 Å². The van der Waals surface area contributed by atoms with Gasteiger partial charge in [0, 0.05) is 34.0 Å². The number of nitrogens with one attached hydrogen (secondary N) is 1. The number of thioether (sulfide) groups is 1. The minimum Gasteiger partial charge on any atom is -0.477 e. The first-order chi connectivity index (χ1) is 16.0. The number of benzene rings is 2. The Kier molecular flexibility index (Phi) is 6.49. The van der Waals surface area contributed by atoms with Gasteiger partial charge in [0.05, 0.1) is 21.4 Å². The molecule has 3 heterocycles. The monoisotopic (exact) mass is 516 g/mol. The van der Waals surface area contributed by atoms with E-state index in [-0.39, 0.29) is 11.8 Å². The minimum absolute atomic E-state index is 0.0816. The zero-order valence-corrected chi connectivity index (χ0v) is 20.3. The lowest BCUT2D eigenvalue weighted by molar-refractivity contribution is 0.0691. The molecule has 0 saturated heterocycles. The Morgan fingerprint density at radius 3 is 2.88 bits per heavy atom. The number of thiophene rings is 1. The third-order valence-corrected chi connectivity index (χ3v) is 8.22. The van der Waals surface area contributed by atoms with Gasteiger partial charge in [0.15, 0.2) is 5.69 Å². The quantitative estimate of drug-likeness (QED) is 0.265. The number of aromatic nitrogens is 1. The lowest BCUT2D eigenvalue weighted by Gasteiger charge is -2.20. The third kappa shape index (κ3) is 4.56. The molecule has 2 aromatic heterocycles. The van der Waals surface area contributed by atoms with E-state index in [1.54, 1.807) is 23.5 Å². The van der Waals surface area contributed by atoms with E-state index in [1.807, 2.05) is 17.8 Å². The topological polar surface area (TPSA) is 71.5 Å². The van der Waals surface area contributed by atoms with Crippen molar-refractivity contribution in [3.8, 4) is 0 Å². The molecule has 168 valence electrons. The molecule has 0 saturated carbocycles. The Morgan fingerprint density at radius 1 is 1.18 bits per heavy atom. The summed E-state index contributed by atoms with van der Waals surface area (Å²) < 4.78 is 7.66. The first-order valence-corrected chi connectivity index (χ1v) is 12.8. The summed E-state index contributed by atoms with van der Waals surface area (Å²) in [5.41, 5.74) is 4.57. The second-order valence-electron chi connectivity index (χ2n) is 7.47. The van der Waals surface area contributed by atoms with E-state index in [9.17, 15) is 9.90 Å². The molecule has 4 aromatic rings. The average Bonchev–Trinajstić information content (AvgIpc) is 3.20. The maximum atomic E-state index is 11.6. The maximum absolute atomic E-state index is 11.6. The number of pyridine rings is 1. The first kappa shape index (κ1) is 22.5. The Morgan fingerprint density at radius 2 is 2.03 bits per heavy atom. The molecule has 0 spiro atoms. The molecule has 9 heteroatoms. The van der Waals surface area contributed by atoms with Crippen molar-refractivity contribution in [1.82, 2.24) is 4.98 Å². The fourth-order valence-corrected chi connectivity index (χ4v) is 6.67. The van der Waals surface area contributed by atoms with Crippen molar-refractivity contribution < 1.29 is 14.6 Å². The zero-order valence-electron chi connectivity index (χ0n) is 17.2. The van der Waals surface area contributed by atoms with Gasteiger partial charge >= 0.3 is 5.97 Å². The molecule has 1 aliphatic rings. The van der Waals surface area contributed by atoms with Crippen LogP contribution in [-0.2, 0) is 10.5 Å². The van der Waals surface area contributed by atoms with E-state index in [2.05, 4.69) is 39.9 Å². The van der Waals surface area contributed by atoms with Crippen molar-refractivity contribution in [2.75, 3.05) is 18.5 Å². The van der Waals surface area contributed by atoms with Gasteiger partial charge in [-0.2, -0.15) is 0 Å². The normalized spacial score (nSPS) is 15.0. The number of nitrogens with zero attached hydrogens (tertiary/aromatic N) is 1. The summed E-state index contributed by atoms with van der Waals surface area (Å²) in [6.07, 6.45) is -0.148. The molecule has 0 unspecified atom stereocenters. The Labute approximate surface area is 208 Å². The van der Waals surface area contributed by atoms with E-state index < -0.39 is 5.97 Å². The highest BCUT2D eigenvalue weighted by molar-refractivity contribution is 8.00. The zero-order chi connectivity index (χ0) is 22.9. The predicted molar refractivity (Wildman–Crippen MR) is 135 cm³/mol. The van der Waals surface area contributed by atoms with E-state index in [0.29, 0.717) is 39.8 Å². The van der Waals surface area contributed by atoms with Crippen molar-refractivity contribution in [3.63, 3.8) is 0 Å². The van der Waals surface area contributed by atoms with Crippen molar-refractivity contribution in [3.05, 3.63) is 86.3 Å². The van der Waals surface area contributed by atoms with Gasteiger partial charge < -0.3 is 15.2 Å². The van der Waals surface area contributed by atoms with E-state index in [4.69, 9.17) is 27.9 Å². The molecule has 5 rings (SSSR count). The lowest BCUT2D eigenvalue weighted by Crippen LogP contribution is -2.15. The molecule has 2 N–H and O–H groups in total. The molecule has 0 bridgehead atoms. The number of carboxylic acid groups (broad SMARTS) is 1. The number of hydrogen-bond acceptors (Lipinski definition) is 6. The first-order valence-electron chi connectivity index (χ1n) is 10.2.